The highest BCUT2D eigenvalue weighted by atomic mass is 16.3. The summed E-state index contributed by atoms with van der Waals surface area (Å²) in [6, 6.07) is 7.09. The summed E-state index contributed by atoms with van der Waals surface area (Å²) in [5.41, 5.74) is -1.17. The van der Waals surface area contributed by atoms with E-state index in [4.69, 9.17) is 0 Å². The number of benzene rings is 1. The van der Waals surface area contributed by atoms with Gasteiger partial charge in [-0.15, -0.1) is 0 Å². The summed E-state index contributed by atoms with van der Waals surface area (Å²) in [6.45, 7) is -0.223. The van der Waals surface area contributed by atoms with E-state index in [1.54, 1.807) is 17.0 Å². The number of piperidine rings is 2. The Morgan fingerprint density at radius 1 is 1.03 bits per heavy atom. The Hall–Kier alpha value is -2.78. The normalized spacial score (nSPS) is 29.5. The molecule has 5 fully saturated rings. The number of amides is 3. The van der Waals surface area contributed by atoms with Crippen molar-refractivity contribution in [2.24, 2.45) is 17.8 Å². The van der Waals surface area contributed by atoms with Crippen molar-refractivity contribution in [1.82, 2.24) is 15.5 Å². The molecule has 3 amide bonds. The minimum absolute atomic E-state index is 0.0767. The van der Waals surface area contributed by atoms with Crippen molar-refractivity contribution in [3.63, 3.8) is 0 Å². The molecule has 0 radical (unpaired) electrons. The Balaban J connectivity index is 1.44. The van der Waals surface area contributed by atoms with Gasteiger partial charge in [0, 0.05) is 24.4 Å². The van der Waals surface area contributed by atoms with Crippen molar-refractivity contribution < 1.29 is 29.4 Å². The van der Waals surface area contributed by atoms with E-state index in [0.29, 0.717) is 18.5 Å². The number of nitrogens with one attached hydrogen (secondary N) is 2. The number of hydrogen-bond donors (Lipinski definition) is 4. The Kier molecular flexibility index (Phi) is 7.86. The van der Waals surface area contributed by atoms with Crippen LogP contribution in [0.25, 0.3) is 0 Å². The molecule has 2 saturated carbocycles. The van der Waals surface area contributed by atoms with Crippen LogP contribution in [0.4, 0.5) is 0 Å². The predicted octanol–water partition coefficient (Wildman–Crippen LogP) is 1.41. The van der Waals surface area contributed by atoms with Gasteiger partial charge in [-0.3, -0.25) is 19.2 Å². The lowest BCUT2D eigenvalue weighted by Crippen LogP contribution is -2.67. The Morgan fingerprint density at radius 2 is 1.71 bits per heavy atom. The van der Waals surface area contributed by atoms with Gasteiger partial charge in [0.2, 0.25) is 11.8 Å². The summed E-state index contributed by atoms with van der Waals surface area (Å²) in [5.74, 6) is -2.30. The average molecular weight is 526 g/mol. The molecule has 4 atom stereocenters. The minimum atomic E-state index is -1.73. The molecule has 3 saturated heterocycles. The molecule has 4 N–H and O–H groups in total. The summed E-state index contributed by atoms with van der Waals surface area (Å²) in [5, 5.41) is 27.3. The molecule has 2 aliphatic carbocycles. The molecule has 0 aromatic heterocycles. The van der Waals surface area contributed by atoms with E-state index in [9.17, 15) is 29.4 Å². The molecular formula is C29H39N3O6. The number of ketones is 1. The van der Waals surface area contributed by atoms with Gasteiger partial charge in [-0.25, -0.2) is 0 Å². The molecule has 38 heavy (non-hydrogen) atoms. The molecular weight excluding hydrogens is 486 g/mol. The number of carbonyl (C=O) groups is 4. The molecule has 0 unspecified atom stereocenters. The third-order valence-electron chi connectivity index (χ3n) is 9.41. The largest absolute Gasteiger partial charge is 0.389 e. The number of nitrogens with zero attached hydrogens (tertiary/aromatic N) is 1. The minimum Gasteiger partial charge on any atom is -0.389 e. The van der Waals surface area contributed by atoms with E-state index in [-0.39, 0.29) is 30.2 Å². The number of aliphatic hydroxyl groups is 2. The highest BCUT2D eigenvalue weighted by Gasteiger charge is 2.55. The number of fused-ring (bicyclic) bond motifs is 3. The van der Waals surface area contributed by atoms with Gasteiger partial charge in [-0.2, -0.15) is 0 Å². The van der Waals surface area contributed by atoms with Crippen LogP contribution in [0.5, 0.6) is 0 Å². The SMILES string of the molecule is O=C1NCC[C@@H]1C[C@H](NC(=O)[C@@H]1C2CCC(CC2)N1C(=O)[C@](O)(c1ccccc1)C1CCCC1)C(=O)CO. The van der Waals surface area contributed by atoms with Gasteiger partial charge in [-0.05, 0) is 62.8 Å². The van der Waals surface area contributed by atoms with Crippen LogP contribution in [0.2, 0.25) is 0 Å². The summed E-state index contributed by atoms with van der Waals surface area (Å²) in [4.78, 5) is 54.7. The van der Waals surface area contributed by atoms with Crippen molar-refractivity contribution >= 4 is 23.5 Å². The van der Waals surface area contributed by atoms with Gasteiger partial charge in [-0.1, -0.05) is 43.2 Å². The number of Topliss-reactive ketones (excluding diaryl/α,β-unsaturated/α-hetero) is 1. The second-order valence-electron chi connectivity index (χ2n) is 11.5. The standard InChI is InChI=1S/C29H39N3O6/c33-17-24(34)23(16-19-14-15-30-26(19)35)31-27(36)25-18-10-12-22(13-11-18)32(25)28(37)29(38,21-8-4-5-9-21)20-6-2-1-3-7-20/h1-3,6-7,18-19,21-23,25,33,38H,4-5,8-17H2,(H,30,35)(H,31,36)/t18?,19-,22?,23+,25+,29+/m1/s1. The van der Waals surface area contributed by atoms with Crippen LogP contribution < -0.4 is 10.6 Å². The smallest absolute Gasteiger partial charge is 0.260 e. The fraction of sp³-hybridized carbons (Fsp3) is 0.655. The summed E-state index contributed by atoms with van der Waals surface area (Å²) in [6.07, 6.45) is 7.20. The molecule has 5 aliphatic rings. The van der Waals surface area contributed by atoms with Crippen LogP contribution in [-0.4, -0.2) is 69.9 Å². The molecule has 0 spiro atoms. The maximum atomic E-state index is 14.4. The third kappa shape index (κ3) is 4.86. The van der Waals surface area contributed by atoms with Gasteiger partial charge in [0.1, 0.15) is 12.6 Å². The zero-order valence-electron chi connectivity index (χ0n) is 21.8. The van der Waals surface area contributed by atoms with E-state index in [1.807, 2.05) is 18.2 Å². The van der Waals surface area contributed by atoms with Crippen molar-refractivity contribution in [3.8, 4) is 0 Å². The molecule has 3 aliphatic heterocycles. The van der Waals surface area contributed by atoms with Gasteiger partial charge in [0.15, 0.2) is 11.4 Å². The molecule has 1 aromatic rings. The number of aliphatic hydroxyl groups excluding tert-OH is 1. The van der Waals surface area contributed by atoms with Gasteiger partial charge in [0.25, 0.3) is 5.91 Å². The molecule has 6 rings (SSSR count). The average Bonchev–Trinajstić information content (AvgIpc) is 3.64. The Bertz CT molecular complexity index is 1050. The first-order chi connectivity index (χ1) is 18.3. The predicted molar refractivity (Wildman–Crippen MR) is 138 cm³/mol. The monoisotopic (exact) mass is 525 g/mol. The lowest BCUT2D eigenvalue weighted by Gasteiger charge is -2.53. The highest BCUT2D eigenvalue weighted by molar-refractivity contribution is 5.96. The van der Waals surface area contributed by atoms with E-state index in [0.717, 1.165) is 51.4 Å². The number of hydrogen-bond acceptors (Lipinski definition) is 6. The van der Waals surface area contributed by atoms with E-state index in [1.165, 1.54) is 0 Å². The van der Waals surface area contributed by atoms with E-state index < -0.39 is 47.8 Å². The van der Waals surface area contributed by atoms with Crippen LogP contribution >= 0.6 is 0 Å². The van der Waals surface area contributed by atoms with Gasteiger partial charge in [0.05, 0.1) is 6.04 Å². The van der Waals surface area contributed by atoms with E-state index >= 15 is 0 Å². The zero-order valence-corrected chi connectivity index (χ0v) is 21.8. The molecule has 9 nitrogen and oxygen atoms in total. The first-order valence-corrected chi connectivity index (χ1v) is 14.2. The lowest BCUT2D eigenvalue weighted by molar-refractivity contribution is -0.176. The second kappa shape index (κ2) is 11.1. The van der Waals surface area contributed by atoms with Crippen LogP contribution in [0.15, 0.2) is 30.3 Å². The molecule has 2 bridgehead atoms. The Labute approximate surface area is 223 Å². The molecule has 206 valence electrons. The fourth-order valence-corrected chi connectivity index (χ4v) is 7.34. The maximum absolute atomic E-state index is 14.4. The van der Waals surface area contributed by atoms with Gasteiger partial charge >= 0.3 is 0 Å². The first kappa shape index (κ1) is 26.8. The summed E-state index contributed by atoms with van der Waals surface area (Å²) < 4.78 is 0. The van der Waals surface area contributed by atoms with Crippen molar-refractivity contribution in [2.75, 3.05) is 13.2 Å². The van der Waals surface area contributed by atoms with Crippen molar-refractivity contribution in [1.29, 1.82) is 0 Å². The van der Waals surface area contributed by atoms with Gasteiger partial charge < -0.3 is 25.7 Å². The van der Waals surface area contributed by atoms with Crippen LogP contribution in [0.3, 0.4) is 0 Å². The third-order valence-corrected chi connectivity index (χ3v) is 9.41. The maximum Gasteiger partial charge on any atom is 0.260 e. The summed E-state index contributed by atoms with van der Waals surface area (Å²) >= 11 is 0. The fourth-order valence-electron chi connectivity index (χ4n) is 7.34. The lowest BCUT2D eigenvalue weighted by atomic mass is 9.71. The Morgan fingerprint density at radius 3 is 2.32 bits per heavy atom. The highest BCUT2D eigenvalue weighted by Crippen LogP contribution is 2.46. The molecule has 1 aromatic carbocycles. The van der Waals surface area contributed by atoms with Crippen LogP contribution in [0, 0.1) is 17.8 Å². The molecule has 3 heterocycles. The topological polar surface area (TPSA) is 136 Å². The van der Waals surface area contributed by atoms with E-state index in [2.05, 4.69) is 10.6 Å². The van der Waals surface area contributed by atoms with Crippen LogP contribution in [-0.2, 0) is 24.8 Å². The summed E-state index contributed by atoms with van der Waals surface area (Å²) in [7, 11) is 0. The number of carbonyl (C=O) groups excluding carboxylic acids is 4. The number of rotatable bonds is 9. The molecule has 9 heteroatoms. The van der Waals surface area contributed by atoms with Crippen molar-refractivity contribution in [2.45, 2.75) is 87.9 Å². The second-order valence-corrected chi connectivity index (χ2v) is 11.5. The quantitative estimate of drug-likeness (QED) is 0.385. The van der Waals surface area contributed by atoms with Crippen LogP contribution in [0.1, 0.15) is 69.8 Å². The van der Waals surface area contributed by atoms with Crippen molar-refractivity contribution in [3.05, 3.63) is 35.9 Å². The zero-order chi connectivity index (χ0) is 26.9. The first-order valence-electron chi connectivity index (χ1n) is 14.2.